The lowest BCUT2D eigenvalue weighted by molar-refractivity contribution is -0.370. The molecule has 0 spiro atoms. The molecule has 1 rings (SSSR count). The van der Waals surface area contributed by atoms with E-state index in [2.05, 4.69) is 26.6 Å². The first-order valence-corrected chi connectivity index (χ1v) is 4.47. The minimum atomic E-state index is -5.99. The molecule has 0 bridgehead atoms. The largest absolute Gasteiger partial charge is 0.501 e. The first-order valence-electron chi connectivity index (χ1n) is 3.65. The molecular weight excluding hydrogens is 273 g/mol. The van der Waals surface area contributed by atoms with E-state index in [4.69, 9.17) is 0 Å². The van der Waals surface area contributed by atoms with Gasteiger partial charge in [-0.15, -0.1) is 10.2 Å². The topological polar surface area (TPSA) is 64.4 Å². The minimum Gasteiger partial charge on any atom is -0.388 e. The summed E-state index contributed by atoms with van der Waals surface area (Å²) in [7, 11) is 0. The van der Waals surface area contributed by atoms with Gasteiger partial charge in [0.15, 0.2) is 0 Å². The van der Waals surface area contributed by atoms with E-state index >= 15 is 0 Å². The van der Waals surface area contributed by atoms with Crippen LogP contribution in [0.5, 0.6) is 0 Å². The van der Waals surface area contributed by atoms with Crippen molar-refractivity contribution < 1.29 is 31.5 Å². The number of carbonyl (C=O) groups excluding carboxylic acids is 1. The fourth-order valence-electron chi connectivity index (χ4n) is 0.580. The lowest BCUT2D eigenvalue weighted by Gasteiger charge is -2.17. The Labute approximate surface area is 93.9 Å². The van der Waals surface area contributed by atoms with Gasteiger partial charge in [0.2, 0.25) is 10.1 Å². The summed E-state index contributed by atoms with van der Waals surface area (Å²) in [6, 6.07) is 0. The Bertz CT molecular complexity index is 443. The van der Waals surface area contributed by atoms with Crippen molar-refractivity contribution in [2.24, 2.45) is 4.99 Å². The first-order chi connectivity index (χ1) is 7.67. The van der Waals surface area contributed by atoms with Gasteiger partial charge < -0.3 is 4.74 Å². The smallest absolute Gasteiger partial charge is 0.388 e. The van der Waals surface area contributed by atoms with Gasteiger partial charge in [0.25, 0.3) is 0 Å². The number of alkyl halides is 5. The number of hydrogen-bond donors (Lipinski definition) is 0. The number of carbonyl (C=O) groups is 1. The molecule has 1 aromatic heterocycles. The van der Waals surface area contributed by atoms with Crippen LogP contribution in [-0.4, -0.2) is 35.2 Å². The van der Waals surface area contributed by atoms with Gasteiger partial charge >= 0.3 is 18.3 Å². The average Bonchev–Trinajstić information content (AvgIpc) is 2.63. The highest BCUT2D eigenvalue weighted by atomic mass is 32.1. The van der Waals surface area contributed by atoms with E-state index < -0.39 is 23.3 Å². The van der Waals surface area contributed by atoms with Crippen molar-refractivity contribution in [1.82, 2.24) is 10.2 Å². The molecule has 0 unspecified atom stereocenters. The Morgan fingerprint density at radius 2 is 1.88 bits per heavy atom. The van der Waals surface area contributed by atoms with E-state index in [1.165, 1.54) is 0 Å². The van der Waals surface area contributed by atoms with Crippen LogP contribution in [0.15, 0.2) is 4.99 Å². The van der Waals surface area contributed by atoms with Crippen LogP contribution in [0.1, 0.15) is 9.80 Å². The summed E-state index contributed by atoms with van der Waals surface area (Å²) in [5.74, 6) is -1.94. The molecule has 0 N–H and O–H groups in total. The van der Waals surface area contributed by atoms with Crippen molar-refractivity contribution >= 4 is 29.2 Å². The van der Waals surface area contributed by atoms with Gasteiger partial charge in [0, 0.05) is 0 Å². The fraction of sp³-hybridized carbons (Fsp3) is 0.333. The highest BCUT2D eigenvalue weighted by Crippen LogP contribution is 2.37. The van der Waals surface area contributed by atoms with Gasteiger partial charge in [-0.1, -0.05) is 11.3 Å². The molecule has 0 atom stereocenters. The summed E-state index contributed by atoms with van der Waals surface area (Å²) in [5, 5.41) is 5.23. The number of nitrogens with zero attached hydrogens (tertiary/aromatic N) is 3. The SMILES string of the molecule is C=Nc1nnc(C(=O)OC(F)(F)C(F)(F)F)s1. The molecule has 0 aromatic carbocycles. The second-order valence-corrected chi connectivity index (χ2v) is 3.41. The number of hydrogen-bond acceptors (Lipinski definition) is 6. The second kappa shape index (κ2) is 4.31. The van der Waals surface area contributed by atoms with E-state index in [0.717, 1.165) is 0 Å². The molecule has 0 aliphatic rings. The maximum absolute atomic E-state index is 12.3. The van der Waals surface area contributed by atoms with Crippen molar-refractivity contribution in [2.75, 3.05) is 0 Å². The maximum Gasteiger partial charge on any atom is 0.501 e. The quantitative estimate of drug-likeness (QED) is 0.482. The molecule has 1 heterocycles. The lowest BCUT2D eigenvalue weighted by atomic mass is 10.6. The molecule has 5 nitrogen and oxygen atoms in total. The Balaban J connectivity index is 2.83. The van der Waals surface area contributed by atoms with E-state index in [-0.39, 0.29) is 5.13 Å². The van der Waals surface area contributed by atoms with Gasteiger partial charge in [0.05, 0.1) is 0 Å². The molecule has 94 valence electrons. The third-order valence-electron chi connectivity index (χ3n) is 1.28. The van der Waals surface area contributed by atoms with Gasteiger partial charge in [0.1, 0.15) is 0 Å². The summed E-state index contributed by atoms with van der Waals surface area (Å²) in [4.78, 5) is 14.1. The Hall–Kier alpha value is -1.65. The third kappa shape index (κ3) is 2.93. The van der Waals surface area contributed by atoms with Gasteiger partial charge in [-0.25, -0.2) is 9.79 Å². The van der Waals surface area contributed by atoms with Crippen LogP contribution in [-0.2, 0) is 4.74 Å². The molecule has 0 fully saturated rings. The zero-order valence-corrected chi connectivity index (χ0v) is 8.48. The predicted octanol–water partition coefficient (Wildman–Crippen LogP) is 2.18. The molecule has 11 heteroatoms. The van der Waals surface area contributed by atoms with Crippen LogP contribution in [0, 0.1) is 0 Å². The highest BCUT2D eigenvalue weighted by molar-refractivity contribution is 7.16. The van der Waals surface area contributed by atoms with Crippen LogP contribution < -0.4 is 0 Å². The summed E-state index contributed by atoms with van der Waals surface area (Å²) < 4.78 is 62.7. The van der Waals surface area contributed by atoms with Crippen LogP contribution in [0.2, 0.25) is 0 Å². The van der Waals surface area contributed by atoms with E-state index in [0.29, 0.717) is 11.3 Å². The minimum absolute atomic E-state index is 0.160. The number of aromatic nitrogens is 2. The van der Waals surface area contributed by atoms with Crippen LogP contribution in [0.25, 0.3) is 0 Å². The highest BCUT2D eigenvalue weighted by Gasteiger charge is 2.62. The summed E-state index contributed by atoms with van der Waals surface area (Å²) in [6.07, 6.45) is -11.6. The number of ether oxygens (including phenoxy) is 1. The Morgan fingerprint density at radius 3 is 2.29 bits per heavy atom. The Morgan fingerprint density at radius 1 is 1.29 bits per heavy atom. The Kier molecular flexibility index (Phi) is 3.40. The molecule has 0 radical (unpaired) electrons. The van der Waals surface area contributed by atoms with Crippen LogP contribution in [0.3, 0.4) is 0 Å². The number of rotatable bonds is 3. The molecule has 17 heavy (non-hydrogen) atoms. The lowest BCUT2D eigenvalue weighted by Crippen LogP contribution is -2.40. The fourth-order valence-corrected chi connectivity index (χ4v) is 1.11. The predicted molar refractivity (Wildman–Crippen MR) is 45.5 cm³/mol. The number of halogens is 5. The summed E-state index contributed by atoms with van der Waals surface area (Å²) in [6.45, 7) is 3.00. The van der Waals surface area contributed by atoms with Gasteiger partial charge in [-0.2, -0.15) is 22.0 Å². The summed E-state index contributed by atoms with van der Waals surface area (Å²) >= 11 is 0.366. The molecular formula is C6H2F5N3O2S. The van der Waals surface area contributed by atoms with Crippen LogP contribution >= 0.6 is 11.3 Å². The first kappa shape index (κ1) is 13.4. The third-order valence-corrected chi connectivity index (χ3v) is 2.11. The van der Waals surface area contributed by atoms with Crippen molar-refractivity contribution in [2.45, 2.75) is 12.3 Å². The summed E-state index contributed by atoms with van der Waals surface area (Å²) in [5.41, 5.74) is 0. The number of aliphatic imine (C=N–C) groups is 1. The maximum atomic E-state index is 12.3. The van der Waals surface area contributed by atoms with Crippen molar-refractivity contribution in [3.63, 3.8) is 0 Å². The standard InChI is InChI=1S/C6H2F5N3O2S/c1-12-4-14-13-2(17-4)3(15)16-6(10,11)5(7,8)9/h1H2. The van der Waals surface area contributed by atoms with Crippen molar-refractivity contribution in [1.29, 1.82) is 0 Å². The van der Waals surface area contributed by atoms with E-state index in [1.807, 2.05) is 0 Å². The molecule has 0 aliphatic carbocycles. The van der Waals surface area contributed by atoms with Crippen molar-refractivity contribution in [3.05, 3.63) is 5.01 Å². The zero-order chi connectivity index (χ0) is 13.3. The van der Waals surface area contributed by atoms with E-state index in [1.54, 1.807) is 0 Å². The monoisotopic (exact) mass is 275 g/mol. The zero-order valence-electron chi connectivity index (χ0n) is 7.66. The number of esters is 1. The van der Waals surface area contributed by atoms with Gasteiger partial charge in [-0.05, 0) is 6.72 Å². The van der Waals surface area contributed by atoms with Crippen molar-refractivity contribution in [3.8, 4) is 0 Å². The average molecular weight is 275 g/mol. The van der Waals surface area contributed by atoms with Gasteiger partial charge in [-0.3, -0.25) is 0 Å². The molecule has 1 aromatic rings. The van der Waals surface area contributed by atoms with E-state index in [9.17, 15) is 26.7 Å². The molecule has 0 aliphatic heterocycles. The second-order valence-electron chi connectivity index (χ2n) is 2.45. The molecule has 0 saturated carbocycles. The normalized spacial score (nSPS) is 12.3. The van der Waals surface area contributed by atoms with Crippen LogP contribution in [0.4, 0.5) is 27.1 Å². The molecule has 0 saturated heterocycles. The molecule has 0 amide bonds.